The molecule has 0 nitrogen and oxygen atoms in total. The van der Waals surface area contributed by atoms with E-state index in [-0.39, 0.29) is 0 Å². The summed E-state index contributed by atoms with van der Waals surface area (Å²) in [7, 11) is 0. The fraction of sp³-hybridized carbons (Fsp3) is 0.429. The summed E-state index contributed by atoms with van der Waals surface area (Å²) in [4.78, 5) is 0. The summed E-state index contributed by atoms with van der Waals surface area (Å²) < 4.78 is 0. The molecule has 0 atom stereocenters. The molecule has 0 aliphatic carbocycles. The van der Waals surface area contributed by atoms with Crippen molar-refractivity contribution in [3.8, 4) is 0 Å². The Labute approximate surface area is 131 Å². The largest absolute Gasteiger partial charge is 0.0613 e. The van der Waals surface area contributed by atoms with Crippen LogP contribution in [0.1, 0.15) is 55.5 Å². The van der Waals surface area contributed by atoms with E-state index in [9.17, 15) is 0 Å². The highest BCUT2D eigenvalue weighted by Gasteiger charge is 1.95. The molecule has 0 fully saturated rings. The van der Waals surface area contributed by atoms with Crippen LogP contribution in [0.3, 0.4) is 0 Å². The molecule has 114 valence electrons. The smallest absolute Gasteiger partial charge is 0.0305 e. The van der Waals surface area contributed by atoms with Crippen LogP contribution in [0, 0.1) is 6.92 Å². The Kier molecular flexibility index (Phi) is 7.82. The first kappa shape index (κ1) is 17.5. The van der Waals surface area contributed by atoms with Crippen molar-refractivity contribution in [3.05, 3.63) is 70.3 Å². The monoisotopic (exact) mass is 282 g/mol. The molecule has 2 aromatic carbocycles. The molecule has 0 radical (unpaired) electrons. The number of aryl methyl sites for hydroxylation is 5. The summed E-state index contributed by atoms with van der Waals surface area (Å²) in [6.45, 7) is 11.0. The van der Waals surface area contributed by atoms with Gasteiger partial charge in [-0.05, 0) is 60.4 Å². The van der Waals surface area contributed by atoms with Gasteiger partial charge < -0.3 is 0 Å². The summed E-state index contributed by atoms with van der Waals surface area (Å²) in [6, 6.07) is 15.6. The lowest BCUT2D eigenvalue weighted by Crippen LogP contribution is -1.88. The van der Waals surface area contributed by atoms with Gasteiger partial charge in [-0.25, -0.2) is 0 Å². The highest BCUT2D eigenvalue weighted by Crippen LogP contribution is 2.11. The Balaban J connectivity index is 0.000000211. The van der Waals surface area contributed by atoms with Crippen LogP contribution in [0.25, 0.3) is 0 Å². The fourth-order valence-electron chi connectivity index (χ4n) is 2.39. The zero-order valence-electron chi connectivity index (χ0n) is 14.4. The first-order chi connectivity index (χ1) is 10.1. The second-order valence-corrected chi connectivity index (χ2v) is 5.49. The van der Waals surface area contributed by atoms with Crippen LogP contribution >= 0.6 is 0 Å². The predicted molar refractivity (Wildman–Crippen MR) is 95.1 cm³/mol. The Morgan fingerprint density at radius 1 is 0.571 bits per heavy atom. The Hall–Kier alpha value is -1.56. The molecule has 0 N–H and O–H groups in total. The van der Waals surface area contributed by atoms with Gasteiger partial charge in [0.1, 0.15) is 0 Å². The van der Waals surface area contributed by atoms with Gasteiger partial charge in [0.2, 0.25) is 0 Å². The van der Waals surface area contributed by atoms with Gasteiger partial charge in [-0.1, -0.05) is 70.2 Å². The molecule has 0 aliphatic rings. The highest BCUT2D eigenvalue weighted by atomic mass is 14.0. The molecule has 0 spiro atoms. The van der Waals surface area contributed by atoms with Crippen molar-refractivity contribution in [2.75, 3.05) is 0 Å². The molecular formula is C21H30. The van der Waals surface area contributed by atoms with E-state index < -0.39 is 0 Å². The normalized spacial score (nSPS) is 9.95. The van der Waals surface area contributed by atoms with E-state index in [1.165, 1.54) is 27.8 Å². The SMILES string of the molecule is CCc1ccc(CC)c(C)c1.CCc1ccc(CC)cc1. The zero-order valence-corrected chi connectivity index (χ0v) is 14.4. The van der Waals surface area contributed by atoms with Gasteiger partial charge in [-0.3, -0.25) is 0 Å². The summed E-state index contributed by atoms with van der Waals surface area (Å²) in [6.07, 6.45) is 4.58. The third-order valence-electron chi connectivity index (χ3n) is 4.04. The van der Waals surface area contributed by atoms with Gasteiger partial charge in [-0.2, -0.15) is 0 Å². The second kappa shape index (κ2) is 9.39. The van der Waals surface area contributed by atoms with Crippen molar-refractivity contribution in [2.45, 2.75) is 60.3 Å². The maximum atomic E-state index is 2.29. The average molecular weight is 282 g/mol. The molecule has 0 bridgehead atoms. The van der Waals surface area contributed by atoms with Gasteiger partial charge in [0.05, 0.1) is 0 Å². The molecule has 2 rings (SSSR count). The maximum absolute atomic E-state index is 2.29. The van der Waals surface area contributed by atoms with Gasteiger partial charge in [0.15, 0.2) is 0 Å². The standard InChI is InChI=1S/C11H16.C10H14/c1-4-10-6-7-11(5-2)9(3)8-10;1-3-9-5-7-10(4-2)8-6-9/h6-8H,4-5H2,1-3H3;5-8H,3-4H2,1-2H3. The maximum Gasteiger partial charge on any atom is -0.0305 e. The minimum Gasteiger partial charge on any atom is -0.0613 e. The number of hydrogen-bond acceptors (Lipinski definition) is 0. The number of rotatable bonds is 4. The van der Waals surface area contributed by atoms with Crippen molar-refractivity contribution in [3.63, 3.8) is 0 Å². The van der Waals surface area contributed by atoms with E-state index in [0.29, 0.717) is 0 Å². The molecular weight excluding hydrogens is 252 g/mol. The van der Waals surface area contributed by atoms with Gasteiger partial charge in [0.25, 0.3) is 0 Å². The van der Waals surface area contributed by atoms with Gasteiger partial charge in [-0.15, -0.1) is 0 Å². The van der Waals surface area contributed by atoms with Crippen molar-refractivity contribution in [1.29, 1.82) is 0 Å². The van der Waals surface area contributed by atoms with Gasteiger partial charge >= 0.3 is 0 Å². The van der Waals surface area contributed by atoms with Crippen LogP contribution in [-0.2, 0) is 25.7 Å². The van der Waals surface area contributed by atoms with E-state index in [2.05, 4.69) is 77.1 Å². The molecule has 0 unspecified atom stereocenters. The fourth-order valence-corrected chi connectivity index (χ4v) is 2.39. The van der Waals surface area contributed by atoms with Crippen LogP contribution in [0.2, 0.25) is 0 Å². The van der Waals surface area contributed by atoms with Crippen LogP contribution in [0.4, 0.5) is 0 Å². The Morgan fingerprint density at radius 2 is 1.00 bits per heavy atom. The summed E-state index contributed by atoms with van der Waals surface area (Å²) >= 11 is 0. The van der Waals surface area contributed by atoms with Crippen molar-refractivity contribution >= 4 is 0 Å². The molecule has 0 heteroatoms. The molecule has 0 aromatic heterocycles. The van der Waals surface area contributed by atoms with Crippen molar-refractivity contribution in [1.82, 2.24) is 0 Å². The van der Waals surface area contributed by atoms with Crippen LogP contribution in [0.15, 0.2) is 42.5 Å². The van der Waals surface area contributed by atoms with Crippen LogP contribution < -0.4 is 0 Å². The third kappa shape index (κ3) is 5.75. The summed E-state index contributed by atoms with van der Waals surface area (Å²) in [5.74, 6) is 0. The third-order valence-corrected chi connectivity index (χ3v) is 4.04. The summed E-state index contributed by atoms with van der Waals surface area (Å²) in [5.41, 5.74) is 7.21. The molecule has 0 heterocycles. The molecule has 0 saturated heterocycles. The summed E-state index contributed by atoms with van der Waals surface area (Å²) in [5, 5.41) is 0. The van der Waals surface area contributed by atoms with E-state index in [4.69, 9.17) is 0 Å². The quantitative estimate of drug-likeness (QED) is 0.652. The molecule has 21 heavy (non-hydrogen) atoms. The molecule has 0 saturated carbocycles. The second-order valence-electron chi connectivity index (χ2n) is 5.49. The lowest BCUT2D eigenvalue weighted by atomic mass is 10.0. The first-order valence-electron chi connectivity index (χ1n) is 8.30. The number of hydrogen-bond donors (Lipinski definition) is 0. The number of benzene rings is 2. The van der Waals surface area contributed by atoms with Crippen LogP contribution in [-0.4, -0.2) is 0 Å². The Bertz CT molecular complexity index is 497. The predicted octanol–water partition coefficient (Wildman–Crippen LogP) is 5.93. The van der Waals surface area contributed by atoms with E-state index >= 15 is 0 Å². The first-order valence-corrected chi connectivity index (χ1v) is 8.30. The zero-order chi connectivity index (χ0) is 15.7. The van der Waals surface area contributed by atoms with E-state index in [1.54, 1.807) is 0 Å². The highest BCUT2D eigenvalue weighted by molar-refractivity contribution is 5.30. The van der Waals surface area contributed by atoms with Crippen LogP contribution in [0.5, 0.6) is 0 Å². The van der Waals surface area contributed by atoms with E-state index in [0.717, 1.165) is 25.7 Å². The molecule has 0 amide bonds. The minimum atomic E-state index is 1.14. The van der Waals surface area contributed by atoms with Crippen molar-refractivity contribution < 1.29 is 0 Å². The van der Waals surface area contributed by atoms with Crippen molar-refractivity contribution in [2.24, 2.45) is 0 Å². The van der Waals surface area contributed by atoms with E-state index in [1.807, 2.05) is 0 Å². The lowest BCUT2D eigenvalue weighted by Gasteiger charge is -2.04. The Morgan fingerprint density at radius 3 is 1.33 bits per heavy atom. The minimum absolute atomic E-state index is 1.14. The molecule has 0 aliphatic heterocycles. The average Bonchev–Trinajstić information content (AvgIpc) is 2.55. The van der Waals surface area contributed by atoms with Gasteiger partial charge in [0, 0.05) is 0 Å². The molecule has 2 aromatic rings. The lowest BCUT2D eigenvalue weighted by molar-refractivity contribution is 1.07. The topological polar surface area (TPSA) is 0 Å².